The van der Waals surface area contributed by atoms with Crippen LogP contribution in [-0.2, 0) is 4.79 Å². The average molecular weight is 314 g/mol. The molecule has 3 nitrogen and oxygen atoms in total. The van der Waals surface area contributed by atoms with E-state index in [9.17, 15) is 22.4 Å². The summed E-state index contributed by atoms with van der Waals surface area (Å²) >= 11 is 0. The standard InChI is InChI=1S/C15H14F4N2O/c1-14(2)4-3-7-5-8-10(6-9(7)21-14)20-13(22)12(16)11(8)15(17,18)19/h3-6,8,10,21H,1-2H3,(H,20,22). The molecule has 0 aromatic heterocycles. The van der Waals surface area contributed by atoms with E-state index in [-0.39, 0.29) is 5.54 Å². The van der Waals surface area contributed by atoms with Gasteiger partial charge in [0.25, 0.3) is 5.91 Å². The largest absolute Gasteiger partial charge is 0.416 e. The second-order valence-electron chi connectivity index (χ2n) is 6.13. The molecule has 3 rings (SSSR count). The van der Waals surface area contributed by atoms with Gasteiger partial charge in [0.05, 0.1) is 17.2 Å². The fourth-order valence-corrected chi connectivity index (χ4v) is 2.90. The Balaban J connectivity index is 2.10. The van der Waals surface area contributed by atoms with Crippen LogP contribution in [0.1, 0.15) is 13.8 Å². The Morgan fingerprint density at radius 2 is 1.91 bits per heavy atom. The van der Waals surface area contributed by atoms with E-state index >= 15 is 0 Å². The molecular formula is C15H14F4N2O. The summed E-state index contributed by atoms with van der Waals surface area (Å²) < 4.78 is 53.1. The first kappa shape index (κ1) is 14.9. The van der Waals surface area contributed by atoms with E-state index in [2.05, 4.69) is 10.6 Å². The van der Waals surface area contributed by atoms with Crippen molar-refractivity contribution in [3.05, 3.63) is 47.0 Å². The minimum absolute atomic E-state index is 0.345. The molecule has 0 fully saturated rings. The minimum atomic E-state index is -4.89. The normalized spacial score (nSPS) is 29.8. The first-order valence-electron chi connectivity index (χ1n) is 6.78. The predicted octanol–water partition coefficient (Wildman–Crippen LogP) is 2.65. The molecule has 0 saturated heterocycles. The van der Waals surface area contributed by atoms with Gasteiger partial charge in [-0.05, 0) is 25.5 Å². The second-order valence-corrected chi connectivity index (χ2v) is 6.13. The number of hydrogen-bond acceptors (Lipinski definition) is 2. The Labute approximate surface area is 124 Å². The molecule has 0 spiro atoms. The average Bonchev–Trinajstić information content (AvgIpc) is 2.36. The SMILES string of the molecule is CC1(C)C=CC2=CC3C(C(F)(F)F)=C(F)C(=O)NC3C=C2N1. The maximum Gasteiger partial charge on any atom is 0.416 e. The molecule has 7 heteroatoms. The number of hydrogen-bond donors (Lipinski definition) is 2. The van der Waals surface area contributed by atoms with Gasteiger partial charge in [0.2, 0.25) is 0 Å². The van der Waals surface area contributed by atoms with Crippen molar-refractivity contribution < 1.29 is 22.4 Å². The molecule has 0 aromatic rings. The van der Waals surface area contributed by atoms with Gasteiger partial charge in [-0.15, -0.1) is 0 Å². The molecule has 0 saturated carbocycles. The molecule has 2 N–H and O–H groups in total. The van der Waals surface area contributed by atoms with Crippen molar-refractivity contribution in [3.63, 3.8) is 0 Å². The molecule has 118 valence electrons. The van der Waals surface area contributed by atoms with Crippen molar-refractivity contribution >= 4 is 5.91 Å². The van der Waals surface area contributed by atoms with E-state index < -0.39 is 35.4 Å². The Hall–Kier alpha value is -2.05. The number of carbonyl (C=O) groups excluding carboxylic acids is 1. The number of nitrogens with one attached hydrogen (secondary N) is 2. The van der Waals surface area contributed by atoms with Gasteiger partial charge in [-0.1, -0.05) is 18.2 Å². The van der Waals surface area contributed by atoms with Gasteiger partial charge in [-0.2, -0.15) is 13.2 Å². The van der Waals surface area contributed by atoms with Crippen molar-refractivity contribution in [3.8, 4) is 0 Å². The van der Waals surface area contributed by atoms with Gasteiger partial charge >= 0.3 is 6.18 Å². The van der Waals surface area contributed by atoms with Crippen LogP contribution in [0.2, 0.25) is 0 Å². The van der Waals surface area contributed by atoms with E-state index in [1.165, 1.54) is 12.2 Å². The lowest BCUT2D eigenvalue weighted by molar-refractivity contribution is -0.125. The maximum atomic E-state index is 13.7. The van der Waals surface area contributed by atoms with E-state index in [0.717, 1.165) is 0 Å². The number of allylic oxidation sites excluding steroid dienone is 1. The van der Waals surface area contributed by atoms with Crippen LogP contribution in [0.3, 0.4) is 0 Å². The number of amides is 1. The molecule has 2 unspecified atom stereocenters. The van der Waals surface area contributed by atoms with E-state index in [0.29, 0.717) is 11.3 Å². The summed E-state index contributed by atoms with van der Waals surface area (Å²) in [7, 11) is 0. The van der Waals surface area contributed by atoms with Crippen LogP contribution in [0.15, 0.2) is 47.0 Å². The van der Waals surface area contributed by atoms with Crippen LogP contribution in [0, 0.1) is 5.92 Å². The van der Waals surface area contributed by atoms with Gasteiger partial charge in [0.15, 0.2) is 5.83 Å². The van der Waals surface area contributed by atoms with Gasteiger partial charge in [-0.25, -0.2) is 4.39 Å². The molecule has 22 heavy (non-hydrogen) atoms. The van der Waals surface area contributed by atoms with E-state index in [1.54, 1.807) is 6.08 Å². The zero-order valence-electron chi connectivity index (χ0n) is 11.9. The third kappa shape index (κ3) is 2.34. The van der Waals surface area contributed by atoms with Crippen LogP contribution in [-0.4, -0.2) is 23.7 Å². The third-order valence-corrected chi connectivity index (χ3v) is 3.91. The molecule has 2 aliphatic heterocycles. The lowest BCUT2D eigenvalue weighted by Gasteiger charge is -2.38. The van der Waals surface area contributed by atoms with E-state index in [4.69, 9.17) is 0 Å². The monoisotopic (exact) mass is 314 g/mol. The lowest BCUT2D eigenvalue weighted by Crippen LogP contribution is -2.50. The van der Waals surface area contributed by atoms with Gasteiger partial charge in [-0.3, -0.25) is 4.79 Å². The molecular weight excluding hydrogens is 300 g/mol. The number of carbonyl (C=O) groups is 1. The highest BCUT2D eigenvalue weighted by atomic mass is 19.4. The molecule has 0 bridgehead atoms. The van der Waals surface area contributed by atoms with Crippen molar-refractivity contribution in [2.75, 3.05) is 0 Å². The summed E-state index contributed by atoms with van der Waals surface area (Å²) in [4.78, 5) is 11.5. The number of rotatable bonds is 0. The Bertz CT molecular complexity index is 668. The molecule has 3 aliphatic rings. The fraction of sp³-hybridized carbons (Fsp3) is 0.400. The smallest absolute Gasteiger partial charge is 0.376 e. The highest BCUT2D eigenvalue weighted by Gasteiger charge is 2.49. The van der Waals surface area contributed by atoms with Crippen LogP contribution in [0.25, 0.3) is 0 Å². The molecule has 1 amide bonds. The first-order valence-corrected chi connectivity index (χ1v) is 6.78. The van der Waals surface area contributed by atoms with Crippen molar-refractivity contribution in [1.82, 2.24) is 10.6 Å². The topological polar surface area (TPSA) is 41.1 Å². The van der Waals surface area contributed by atoms with Crippen LogP contribution in [0.5, 0.6) is 0 Å². The third-order valence-electron chi connectivity index (χ3n) is 3.91. The van der Waals surface area contributed by atoms with Crippen molar-refractivity contribution in [2.45, 2.75) is 31.6 Å². The lowest BCUT2D eigenvalue weighted by atomic mass is 9.79. The highest BCUT2D eigenvalue weighted by Crippen LogP contribution is 2.42. The summed E-state index contributed by atoms with van der Waals surface area (Å²) in [5.74, 6) is -4.34. The maximum absolute atomic E-state index is 13.7. The van der Waals surface area contributed by atoms with Crippen molar-refractivity contribution in [2.24, 2.45) is 5.92 Å². The predicted molar refractivity (Wildman–Crippen MR) is 72.1 cm³/mol. The summed E-state index contributed by atoms with van der Waals surface area (Å²) in [5.41, 5.74) is -0.561. The fourth-order valence-electron chi connectivity index (χ4n) is 2.90. The van der Waals surface area contributed by atoms with E-state index in [1.807, 2.05) is 19.9 Å². The Morgan fingerprint density at radius 1 is 1.23 bits per heavy atom. The first-order chi connectivity index (χ1) is 10.1. The summed E-state index contributed by atoms with van der Waals surface area (Å²) in [5, 5.41) is 5.44. The minimum Gasteiger partial charge on any atom is -0.376 e. The second kappa shape index (κ2) is 4.47. The summed E-state index contributed by atoms with van der Waals surface area (Å²) in [6, 6.07) is -0.919. The quantitative estimate of drug-likeness (QED) is 0.675. The van der Waals surface area contributed by atoms with Gasteiger partial charge < -0.3 is 10.6 Å². The summed E-state index contributed by atoms with van der Waals surface area (Å²) in [6.07, 6.45) is 1.51. The molecule has 0 radical (unpaired) electrons. The van der Waals surface area contributed by atoms with Crippen LogP contribution in [0.4, 0.5) is 17.6 Å². The van der Waals surface area contributed by atoms with Crippen LogP contribution < -0.4 is 10.6 Å². The number of alkyl halides is 3. The number of fused-ring (bicyclic) bond motifs is 2. The zero-order chi connectivity index (χ0) is 16.3. The Kier molecular flexibility index (Phi) is 3.02. The molecule has 2 atom stereocenters. The van der Waals surface area contributed by atoms with Gasteiger partial charge in [0, 0.05) is 11.6 Å². The van der Waals surface area contributed by atoms with Gasteiger partial charge in [0.1, 0.15) is 0 Å². The van der Waals surface area contributed by atoms with Crippen molar-refractivity contribution in [1.29, 1.82) is 0 Å². The highest BCUT2D eigenvalue weighted by molar-refractivity contribution is 5.94. The van der Waals surface area contributed by atoms with Crippen LogP contribution >= 0.6 is 0 Å². The molecule has 2 heterocycles. The molecule has 1 aliphatic carbocycles. The zero-order valence-corrected chi connectivity index (χ0v) is 11.9. The number of halogens is 4. The Morgan fingerprint density at radius 3 is 2.55 bits per heavy atom. The summed E-state index contributed by atoms with van der Waals surface area (Å²) in [6.45, 7) is 3.82. The molecule has 0 aromatic carbocycles.